The minimum absolute atomic E-state index is 0.126. The number of aromatic hydroxyl groups is 2. The number of phenolic OH excluding ortho intramolecular Hbond substituents is 2. The van der Waals surface area contributed by atoms with Crippen LogP contribution in [0.25, 0.3) is 5.76 Å². The van der Waals surface area contributed by atoms with Gasteiger partial charge in [-0.15, -0.1) is 0 Å². The van der Waals surface area contributed by atoms with Gasteiger partial charge in [-0.05, 0) is 56.0 Å². The second-order valence-corrected chi connectivity index (χ2v) is 4.70. The molecule has 0 aliphatic heterocycles. The number of nitrogens with zero attached hydrogens (tertiary/aromatic N) is 1. The Morgan fingerprint density at radius 3 is 2.64 bits per heavy atom. The number of hydrogen-bond donors (Lipinski definition) is 2. The van der Waals surface area contributed by atoms with E-state index in [9.17, 15) is 10.2 Å². The molecule has 2 aromatic carbocycles. The summed E-state index contributed by atoms with van der Waals surface area (Å²) >= 11 is 0. The molecule has 0 heterocycles. The topological polar surface area (TPSA) is 62.1 Å². The van der Waals surface area contributed by atoms with Crippen molar-refractivity contribution in [2.75, 3.05) is 6.61 Å². The highest BCUT2D eigenvalue weighted by molar-refractivity contribution is 5.72. The fraction of sp³-hybridized carbons (Fsp3) is 0.167. The summed E-state index contributed by atoms with van der Waals surface area (Å²) in [6.07, 6.45) is 2.49. The van der Waals surface area contributed by atoms with E-state index >= 15 is 0 Å². The monoisotopic (exact) mass is 297 g/mol. The van der Waals surface area contributed by atoms with Gasteiger partial charge in [0.05, 0.1) is 12.3 Å². The first-order valence-electron chi connectivity index (χ1n) is 7.05. The molecule has 2 aromatic rings. The molecule has 0 bridgehead atoms. The first-order valence-corrected chi connectivity index (χ1v) is 7.05. The van der Waals surface area contributed by atoms with Crippen molar-refractivity contribution in [2.45, 2.75) is 13.3 Å². The predicted octanol–water partition coefficient (Wildman–Crippen LogP) is 4.05. The lowest BCUT2D eigenvalue weighted by Crippen LogP contribution is -1.94. The summed E-state index contributed by atoms with van der Waals surface area (Å²) in [7, 11) is 0. The highest BCUT2D eigenvalue weighted by atomic mass is 16.5. The zero-order valence-corrected chi connectivity index (χ0v) is 12.5. The van der Waals surface area contributed by atoms with Crippen LogP contribution in [0.2, 0.25) is 0 Å². The first kappa shape index (κ1) is 15.6. The van der Waals surface area contributed by atoms with E-state index in [4.69, 9.17) is 4.74 Å². The molecule has 0 unspecified atom stereocenters. The molecule has 0 saturated carbocycles. The number of phenols is 2. The molecule has 0 aliphatic rings. The minimum Gasteiger partial charge on any atom is -0.504 e. The van der Waals surface area contributed by atoms with Gasteiger partial charge < -0.3 is 14.9 Å². The lowest BCUT2D eigenvalue weighted by atomic mass is 10.1. The fourth-order valence-electron chi connectivity index (χ4n) is 2.13. The highest BCUT2D eigenvalue weighted by Crippen LogP contribution is 2.28. The normalized spacial score (nSPS) is 11.2. The van der Waals surface area contributed by atoms with Crippen molar-refractivity contribution in [3.63, 3.8) is 0 Å². The molecule has 0 spiro atoms. The zero-order valence-electron chi connectivity index (χ0n) is 12.5. The Morgan fingerprint density at radius 2 is 1.95 bits per heavy atom. The third-order valence-corrected chi connectivity index (χ3v) is 3.20. The summed E-state index contributed by atoms with van der Waals surface area (Å²) in [6.45, 7) is 6.04. The molecule has 0 aromatic heterocycles. The van der Waals surface area contributed by atoms with Gasteiger partial charge in [0, 0.05) is 5.56 Å². The van der Waals surface area contributed by atoms with Crippen molar-refractivity contribution in [1.82, 2.24) is 0 Å². The maximum Gasteiger partial charge on any atom is 0.157 e. The first-order chi connectivity index (χ1) is 10.7. The van der Waals surface area contributed by atoms with Crippen molar-refractivity contribution < 1.29 is 14.9 Å². The van der Waals surface area contributed by atoms with Crippen LogP contribution in [-0.4, -0.2) is 23.5 Å². The summed E-state index contributed by atoms with van der Waals surface area (Å²) in [5.41, 5.74) is 2.51. The second-order valence-electron chi connectivity index (χ2n) is 4.70. The van der Waals surface area contributed by atoms with E-state index in [1.165, 1.54) is 12.1 Å². The Bertz CT molecular complexity index is 692. The molecule has 2 N–H and O–H groups in total. The average Bonchev–Trinajstić information content (AvgIpc) is 2.54. The van der Waals surface area contributed by atoms with Crippen molar-refractivity contribution in [3.05, 3.63) is 59.7 Å². The third-order valence-electron chi connectivity index (χ3n) is 3.20. The molecule has 4 heteroatoms. The van der Waals surface area contributed by atoms with Gasteiger partial charge in [0.25, 0.3) is 0 Å². The molecular weight excluding hydrogens is 278 g/mol. The van der Waals surface area contributed by atoms with Crippen LogP contribution in [-0.2, 0) is 11.2 Å². The smallest absolute Gasteiger partial charge is 0.157 e. The van der Waals surface area contributed by atoms with Crippen LogP contribution >= 0.6 is 0 Å². The minimum atomic E-state index is -0.128. The van der Waals surface area contributed by atoms with E-state index in [-0.39, 0.29) is 11.5 Å². The Balaban J connectivity index is 2.30. The maximum absolute atomic E-state index is 9.54. The molecular formula is C18H19NO3. The van der Waals surface area contributed by atoms with E-state index in [0.717, 1.165) is 22.6 Å². The van der Waals surface area contributed by atoms with Gasteiger partial charge in [-0.2, -0.15) is 0 Å². The molecule has 114 valence electrons. The predicted molar refractivity (Wildman–Crippen MR) is 88.7 cm³/mol. The lowest BCUT2D eigenvalue weighted by molar-refractivity contribution is 0.297. The van der Waals surface area contributed by atoms with Gasteiger partial charge in [0.15, 0.2) is 11.5 Å². The van der Waals surface area contributed by atoms with E-state index in [1.807, 2.05) is 37.3 Å². The van der Waals surface area contributed by atoms with Crippen LogP contribution in [0.1, 0.15) is 18.1 Å². The van der Waals surface area contributed by atoms with E-state index < -0.39 is 0 Å². The Kier molecular flexibility index (Phi) is 5.20. The number of allylic oxidation sites excluding steroid dienone is 1. The van der Waals surface area contributed by atoms with E-state index in [1.54, 1.807) is 6.07 Å². The van der Waals surface area contributed by atoms with Crippen LogP contribution in [0.5, 0.6) is 11.5 Å². The van der Waals surface area contributed by atoms with Crippen molar-refractivity contribution in [3.8, 4) is 11.5 Å². The molecule has 0 radical (unpaired) electrons. The zero-order chi connectivity index (χ0) is 15.9. The summed E-state index contributed by atoms with van der Waals surface area (Å²) in [4.78, 5) is 4.01. The van der Waals surface area contributed by atoms with Crippen LogP contribution in [0.4, 0.5) is 5.69 Å². The number of ether oxygens (including phenoxy) is 1. The van der Waals surface area contributed by atoms with Crippen molar-refractivity contribution >= 4 is 18.2 Å². The molecule has 0 saturated heterocycles. The highest BCUT2D eigenvalue weighted by Gasteiger charge is 2.08. The maximum atomic E-state index is 9.54. The molecule has 22 heavy (non-hydrogen) atoms. The van der Waals surface area contributed by atoms with Crippen LogP contribution in [0, 0.1) is 0 Å². The molecule has 0 atom stereocenters. The fourth-order valence-corrected chi connectivity index (χ4v) is 2.13. The Hall–Kier alpha value is -2.75. The molecule has 4 nitrogen and oxygen atoms in total. The number of hydrogen-bond acceptors (Lipinski definition) is 4. The SMILES string of the molecule is C=Nc1ccccc1/C(=C\Cc1ccc(O)c(O)c1)OCC. The Morgan fingerprint density at radius 1 is 1.18 bits per heavy atom. The molecule has 0 fully saturated rings. The van der Waals surface area contributed by atoms with Gasteiger partial charge in [0.1, 0.15) is 5.76 Å². The number of benzene rings is 2. The van der Waals surface area contributed by atoms with Gasteiger partial charge >= 0.3 is 0 Å². The van der Waals surface area contributed by atoms with E-state index in [2.05, 4.69) is 11.7 Å². The summed E-state index contributed by atoms with van der Waals surface area (Å²) in [5, 5.41) is 18.9. The summed E-state index contributed by atoms with van der Waals surface area (Å²) < 4.78 is 5.71. The van der Waals surface area contributed by atoms with Crippen LogP contribution < -0.4 is 0 Å². The van der Waals surface area contributed by atoms with Crippen LogP contribution in [0.15, 0.2) is 53.5 Å². The Labute approximate surface area is 130 Å². The number of para-hydroxylation sites is 1. The summed E-state index contributed by atoms with van der Waals surface area (Å²) in [6, 6.07) is 12.4. The molecule has 0 amide bonds. The largest absolute Gasteiger partial charge is 0.504 e. The lowest BCUT2D eigenvalue weighted by Gasteiger charge is -2.11. The average molecular weight is 297 g/mol. The standard InChI is InChI=1S/C18H19NO3/c1-3-22-18(14-6-4-5-7-15(14)19-2)11-9-13-8-10-16(20)17(21)12-13/h4-8,10-12,20-21H,2-3,9H2,1H3/b18-11+. The van der Waals surface area contributed by atoms with Crippen molar-refractivity contribution in [2.24, 2.45) is 4.99 Å². The van der Waals surface area contributed by atoms with Gasteiger partial charge in [-0.3, -0.25) is 4.99 Å². The van der Waals surface area contributed by atoms with Gasteiger partial charge in [0.2, 0.25) is 0 Å². The second kappa shape index (κ2) is 7.31. The molecule has 0 aliphatic carbocycles. The van der Waals surface area contributed by atoms with Gasteiger partial charge in [-0.25, -0.2) is 0 Å². The third kappa shape index (κ3) is 3.67. The van der Waals surface area contributed by atoms with Crippen molar-refractivity contribution in [1.29, 1.82) is 0 Å². The number of aliphatic imine (C=N–C) groups is 1. The van der Waals surface area contributed by atoms with E-state index in [0.29, 0.717) is 13.0 Å². The quantitative estimate of drug-likeness (QED) is 0.480. The summed E-state index contributed by atoms with van der Waals surface area (Å²) in [5.74, 6) is 0.467. The van der Waals surface area contributed by atoms with Gasteiger partial charge in [-0.1, -0.05) is 18.2 Å². The number of rotatable bonds is 6. The van der Waals surface area contributed by atoms with Crippen LogP contribution in [0.3, 0.4) is 0 Å². The molecule has 2 rings (SSSR count).